The van der Waals surface area contributed by atoms with Crippen molar-refractivity contribution < 1.29 is 10.2 Å². The van der Waals surface area contributed by atoms with Gasteiger partial charge in [0.2, 0.25) is 0 Å². The SMILES string of the molecule is CCN(CC)CC[O-].CCN(CC)CC[O-].[Ba+2]. The third-order valence-corrected chi connectivity index (χ3v) is 2.60. The number of likely N-dealkylation sites (N-methyl/N-ethyl adjacent to an activating group) is 2. The molecule has 0 saturated heterocycles. The second-order valence-electron chi connectivity index (χ2n) is 3.46. The summed E-state index contributed by atoms with van der Waals surface area (Å²) in [6, 6.07) is 0. The summed E-state index contributed by atoms with van der Waals surface area (Å²) in [5, 5.41) is 20.0. The molecule has 0 aromatic rings. The fraction of sp³-hybridized carbons (Fsp3) is 1.00. The predicted molar refractivity (Wildman–Crippen MR) is 71.1 cm³/mol. The van der Waals surface area contributed by atoms with Gasteiger partial charge in [0.25, 0.3) is 0 Å². The van der Waals surface area contributed by atoms with Crippen LogP contribution in [-0.2, 0) is 0 Å². The van der Waals surface area contributed by atoms with Crippen molar-refractivity contribution in [3.8, 4) is 0 Å². The molecular weight excluding hydrogens is 341 g/mol. The van der Waals surface area contributed by atoms with Crippen molar-refractivity contribution in [1.82, 2.24) is 9.80 Å². The average molecular weight is 370 g/mol. The zero-order valence-corrected chi connectivity index (χ0v) is 16.5. The first kappa shape index (κ1) is 23.5. The summed E-state index contributed by atoms with van der Waals surface area (Å²) < 4.78 is 0. The van der Waals surface area contributed by atoms with Gasteiger partial charge in [0, 0.05) is 0 Å². The minimum Gasteiger partial charge on any atom is -0.854 e. The molecule has 0 unspecified atom stereocenters. The molecule has 0 aliphatic carbocycles. The van der Waals surface area contributed by atoms with E-state index < -0.39 is 0 Å². The Morgan fingerprint density at radius 1 is 0.647 bits per heavy atom. The van der Waals surface area contributed by atoms with Crippen LogP contribution in [0.5, 0.6) is 0 Å². The fourth-order valence-electron chi connectivity index (χ4n) is 1.34. The predicted octanol–water partition coefficient (Wildman–Crippen LogP) is -1.00. The summed E-state index contributed by atoms with van der Waals surface area (Å²) >= 11 is 0. The van der Waals surface area contributed by atoms with Crippen LogP contribution in [0.3, 0.4) is 0 Å². The van der Waals surface area contributed by atoms with E-state index in [9.17, 15) is 10.2 Å². The topological polar surface area (TPSA) is 52.6 Å². The smallest absolute Gasteiger partial charge is 0.854 e. The third kappa shape index (κ3) is 17.4. The second-order valence-corrected chi connectivity index (χ2v) is 3.46. The molecule has 17 heavy (non-hydrogen) atoms. The molecule has 0 aliphatic heterocycles. The average Bonchev–Trinajstić information content (AvgIpc) is 2.33. The minimum atomic E-state index is 0. The van der Waals surface area contributed by atoms with Gasteiger partial charge in [0.1, 0.15) is 0 Å². The summed E-state index contributed by atoms with van der Waals surface area (Å²) in [4.78, 5) is 4.24. The molecule has 4 nitrogen and oxygen atoms in total. The van der Waals surface area contributed by atoms with Crippen molar-refractivity contribution in [3.05, 3.63) is 0 Å². The molecule has 0 spiro atoms. The first-order chi connectivity index (χ1) is 7.69. The van der Waals surface area contributed by atoms with Crippen LogP contribution >= 0.6 is 0 Å². The van der Waals surface area contributed by atoms with E-state index in [2.05, 4.69) is 37.5 Å². The largest absolute Gasteiger partial charge is 2.00 e. The van der Waals surface area contributed by atoms with Crippen molar-refractivity contribution in [1.29, 1.82) is 0 Å². The van der Waals surface area contributed by atoms with Gasteiger partial charge >= 0.3 is 48.9 Å². The van der Waals surface area contributed by atoms with Crippen LogP contribution in [0.2, 0.25) is 0 Å². The van der Waals surface area contributed by atoms with Gasteiger partial charge in [0.15, 0.2) is 0 Å². The Morgan fingerprint density at radius 2 is 0.882 bits per heavy atom. The molecule has 0 fully saturated rings. The summed E-state index contributed by atoms with van der Waals surface area (Å²) in [6.07, 6.45) is 0. The van der Waals surface area contributed by atoms with E-state index in [0.717, 1.165) is 26.2 Å². The van der Waals surface area contributed by atoms with Crippen LogP contribution in [0.4, 0.5) is 0 Å². The summed E-state index contributed by atoms with van der Waals surface area (Å²) in [5.41, 5.74) is 0. The number of nitrogens with zero attached hydrogens (tertiary/aromatic N) is 2. The van der Waals surface area contributed by atoms with Crippen molar-refractivity contribution in [2.24, 2.45) is 0 Å². The van der Waals surface area contributed by atoms with E-state index in [4.69, 9.17) is 0 Å². The standard InChI is InChI=1S/2C6H14NO.Ba/c2*1-3-7(4-2)5-6-8;/h2*3-6H2,1-2H3;/q2*-1;+2. The third-order valence-electron chi connectivity index (χ3n) is 2.60. The Labute approximate surface area is 147 Å². The summed E-state index contributed by atoms with van der Waals surface area (Å²) in [7, 11) is 0. The van der Waals surface area contributed by atoms with Gasteiger partial charge in [0.05, 0.1) is 0 Å². The molecule has 0 amide bonds. The van der Waals surface area contributed by atoms with E-state index in [1.54, 1.807) is 0 Å². The number of hydrogen-bond donors (Lipinski definition) is 0. The number of rotatable bonds is 8. The van der Waals surface area contributed by atoms with Gasteiger partial charge in [-0.2, -0.15) is 0 Å². The van der Waals surface area contributed by atoms with Crippen molar-refractivity contribution >= 4 is 48.9 Å². The van der Waals surface area contributed by atoms with Gasteiger partial charge in [-0.15, -0.1) is 13.2 Å². The van der Waals surface area contributed by atoms with E-state index in [-0.39, 0.29) is 62.1 Å². The van der Waals surface area contributed by atoms with E-state index in [0.29, 0.717) is 13.1 Å². The van der Waals surface area contributed by atoms with Crippen LogP contribution in [0.1, 0.15) is 27.7 Å². The number of hydrogen-bond acceptors (Lipinski definition) is 4. The maximum atomic E-state index is 10.0. The monoisotopic (exact) mass is 370 g/mol. The second kappa shape index (κ2) is 19.7. The van der Waals surface area contributed by atoms with E-state index in [1.807, 2.05) is 0 Å². The minimum absolute atomic E-state index is 0. The molecule has 0 atom stereocenters. The molecular formula is C12H28BaN2O2. The van der Waals surface area contributed by atoms with Crippen LogP contribution in [0.15, 0.2) is 0 Å². The van der Waals surface area contributed by atoms with Crippen molar-refractivity contribution in [2.75, 3.05) is 52.5 Å². The zero-order chi connectivity index (χ0) is 12.8. The normalized spacial score (nSPS) is 9.88. The molecule has 5 heteroatoms. The first-order valence-electron chi connectivity index (χ1n) is 6.30. The molecule has 0 aromatic carbocycles. The molecule has 0 bridgehead atoms. The van der Waals surface area contributed by atoms with Crippen molar-refractivity contribution in [3.63, 3.8) is 0 Å². The first-order valence-corrected chi connectivity index (χ1v) is 6.30. The van der Waals surface area contributed by atoms with Gasteiger partial charge in [-0.25, -0.2) is 0 Å². The maximum absolute atomic E-state index is 10.0. The molecule has 0 heterocycles. The van der Waals surface area contributed by atoms with Gasteiger partial charge in [-0.3, -0.25) is 0 Å². The van der Waals surface area contributed by atoms with Gasteiger partial charge in [-0.1, -0.05) is 27.7 Å². The fourth-order valence-corrected chi connectivity index (χ4v) is 1.34. The Morgan fingerprint density at radius 3 is 0.941 bits per heavy atom. The summed E-state index contributed by atoms with van der Waals surface area (Å²) in [5.74, 6) is 0. The molecule has 0 radical (unpaired) electrons. The summed E-state index contributed by atoms with van der Waals surface area (Å²) in [6.45, 7) is 13.7. The van der Waals surface area contributed by atoms with Crippen LogP contribution < -0.4 is 10.2 Å². The van der Waals surface area contributed by atoms with E-state index in [1.165, 1.54) is 0 Å². The molecule has 0 N–H and O–H groups in total. The Hall–Kier alpha value is 1.41. The molecule has 0 rings (SSSR count). The molecule has 0 aliphatic rings. The quantitative estimate of drug-likeness (QED) is 0.515. The Bertz CT molecular complexity index is 107. The van der Waals surface area contributed by atoms with Crippen LogP contribution in [0, 0.1) is 0 Å². The van der Waals surface area contributed by atoms with Gasteiger partial charge < -0.3 is 20.0 Å². The Kier molecular flexibility index (Phi) is 27.3. The molecule has 0 saturated carbocycles. The molecule has 100 valence electrons. The molecule has 0 aromatic heterocycles. The van der Waals surface area contributed by atoms with E-state index >= 15 is 0 Å². The van der Waals surface area contributed by atoms with Crippen molar-refractivity contribution in [2.45, 2.75) is 27.7 Å². The maximum Gasteiger partial charge on any atom is 2.00 e. The Balaban J connectivity index is -0.000000218. The van der Waals surface area contributed by atoms with Crippen LogP contribution in [0.25, 0.3) is 0 Å². The van der Waals surface area contributed by atoms with Crippen LogP contribution in [-0.4, -0.2) is 111 Å². The zero-order valence-electron chi connectivity index (χ0n) is 12.1. The van der Waals surface area contributed by atoms with Gasteiger partial charge in [-0.05, 0) is 39.3 Å².